The van der Waals surface area contributed by atoms with E-state index in [0.29, 0.717) is 30.9 Å². The van der Waals surface area contributed by atoms with Crippen LogP contribution in [-0.2, 0) is 19.2 Å². The second-order valence-corrected chi connectivity index (χ2v) is 7.46. The number of carbonyl (C=O) groups is 4. The molecular weight excluding hydrogens is 360 g/mol. The van der Waals surface area contributed by atoms with Gasteiger partial charge >= 0.3 is 5.97 Å². The molecule has 0 bridgehead atoms. The quantitative estimate of drug-likeness (QED) is 0.296. The molecule has 26 heavy (non-hydrogen) atoms. The highest BCUT2D eigenvalue weighted by Crippen LogP contribution is 2.06. The summed E-state index contributed by atoms with van der Waals surface area (Å²) in [6.07, 6.45) is 2.68. The van der Waals surface area contributed by atoms with Crippen LogP contribution >= 0.6 is 11.8 Å². The number of nitrogens with one attached hydrogen (secondary N) is 2. The first kappa shape index (κ1) is 24.4. The van der Waals surface area contributed by atoms with E-state index in [4.69, 9.17) is 16.6 Å². The zero-order valence-electron chi connectivity index (χ0n) is 15.5. The summed E-state index contributed by atoms with van der Waals surface area (Å²) in [6.45, 7) is 3.96. The maximum Gasteiger partial charge on any atom is 0.305 e. The Morgan fingerprint density at radius 1 is 0.962 bits per heavy atom. The molecule has 0 saturated heterocycles. The van der Waals surface area contributed by atoms with Gasteiger partial charge in [0.25, 0.3) is 0 Å². The summed E-state index contributed by atoms with van der Waals surface area (Å²) in [5.74, 6) is -2.55. The van der Waals surface area contributed by atoms with Crippen molar-refractivity contribution >= 4 is 35.5 Å². The van der Waals surface area contributed by atoms with E-state index in [1.165, 1.54) is 11.8 Å². The van der Waals surface area contributed by atoms with E-state index in [2.05, 4.69) is 10.6 Å². The summed E-state index contributed by atoms with van der Waals surface area (Å²) in [5.41, 5.74) is 11.4. The molecule has 0 fully saturated rings. The first-order valence-electron chi connectivity index (χ1n) is 8.45. The molecule has 3 amide bonds. The highest BCUT2D eigenvalue weighted by atomic mass is 32.2. The van der Waals surface area contributed by atoms with Crippen LogP contribution in [0, 0.1) is 5.92 Å². The summed E-state index contributed by atoms with van der Waals surface area (Å²) in [4.78, 5) is 47.1. The molecule has 0 saturated carbocycles. The standard InChI is InChI=1S/C16H30N4O5S/c1-9(2)4-5-10(17)15(24)20-16(25)12(8-13(21)22)19-14(23)11(18)6-7-26-3/h9-12H,4-8,17-18H2,1-3H3,(H,19,23)(H,21,22)(H,20,24,25)/t10?,11-,12-/m0/s1. The van der Waals surface area contributed by atoms with Crippen molar-refractivity contribution in [2.75, 3.05) is 12.0 Å². The summed E-state index contributed by atoms with van der Waals surface area (Å²) < 4.78 is 0. The summed E-state index contributed by atoms with van der Waals surface area (Å²) in [6, 6.07) is -3.15. The molecule has 0 radical (unpaired) electrons. The van der Waals surface area contributed by atoms with Crippen LogP contribution in [0.15, 0.2) is 0 Å². The van der Waals surface area contributed by atoms with E-state index >= 15 is 0 Å². The average molecular weight is 391 g/mol. The number of rotatable bonds is 12. The van der Waals surface area contributed by atoms with Crippen LogP contribution in [0.25, 0.3) is 0 Å². The third-order valence-corrected chi connectivity index (χ3v) is 4.26. The van der Waals surface area contributed by atoms with Crippen molar-refractivity contribution in [1.82, 2.24) is 10.6 Å². The third kappa shape index (κ3) is 10.4. The van der Waals surface area contributed by atoms with Crippen molar-refractivity contribution in [2.45, 2.75) is 57.7 Å². The zero-order chi connectivity index (χ0) is 20.3. The largest absolute Gasteiger partial charge is 0.481 e. The van der Waals surface area contributed by atoms with Crippen molar-refractivity contribution in [3.8, 4) is 0 Å². The molecule has 1 unspecified atom stereocenters. The van der Waals surface area contributed by atoms with E-state index in [1.54, 1.807) is 0 Å². The predicted octanol–water partition coefficient (Wildman–Crippen LogP) is -0.567. The number of carboxylic acid groups (broad SMARTS) is 1. The molecule has 10 heteroatoms. The fourth-order valence-corrected chi connectivity index (χ4v) is 2.47. The molecule has 0 spiro atoms. The Morgan fingerprint density at radius 2 is 1.54 bits per heavy atom. The SMILES string of the molecule is CSCC[C@H](N)C(=O)N[C@@H](CC(=O)O)C(=O)NC(=O)C(N)CCC(C)C. The maximum atomic E-state index is 12.2. The van der Waals surface area contributed by atoms with Crippen LogP contribution in [0.1, 0.15) is 39.5 Å². The van der Waals surface area contributed by atoms with Gasteiger partial charge in [-0.25, -0.2) is 0 Å². The van der Waals surface area contributed by atoms with E-state index in [1.807, 2.05) is 20.1 Å². The maximum absolute atomic E-state index is 12.2. The van der Waals surface area contributed by atoms with Crippen LogP contribution in [0.4, 0.5) is 0 Å². The molecule has 9 nitrogen and oxygen atoms in total. The normalized spacial score (nSPS) is 14.4. The minimum absolute atomic E-state index is 0.353. The molecule has 0 aromatic heterocycles. The minimum atomic E-state index is -1.40. The van der Waals surface area contributed by atoms with Gasteiger partial charge in [0.2, 0.25) is 17.7 Å². The predicted molar refractivity (Wildman–Crippen MR) is 100 cm³/mol. The molecular formula is C16H30N4O5S. The fraction of sp³-hybridized carbons (Fsp3) is 0.750. The molecule has 0 aromatic rings. The molecule has 0 aromatic carbocycles. The van der Waals surface area contributed by atoms with Gasteiger partial charge in [-0.3, -0.25) is 24.5 Å². The third-order valence-electron chi connectivity index (χ3n) is 3.62. The number of hydrogen-bond donors (Lipinski definition) is 5. The Kier molecular flexibility index (Phi) is 11.9. The fourth-order valence-electron chi connectivity index (χ4n) is 1.98. The summed E-state index contributed by atoms with van der Waals surface area (Å²) in [7, 11) is 0. The van der Waals surface area contributed by atoms with Crippen molar-refractivity contribution in [1.29, 1.82) is 0 Å². The number of carbonyl (C=O) groups excluding carboxylic acids is 3. The molecule has 7 N–H and O–H groups in total. The smallest absolute Gasteiger partial charge is 0.305 e. The Labute approximate surface area is 158 Å². The molecule has 0 aliphatic heterocycles. The van der Waals surface area contributed by atoms with Crippen LogP contribution < -0.4 is 22.1 Å². The van der Waals surface area contributed by atoms with Crippen molar-refractivity contribution in [3.05, 3.63) is 0 Å². The highest BCUT2D eigenvalue weighted by Gasteiger charge is 2.28. The Bertz CT molecular complexity index is 501. The highest BCUT2D eigenvalue weighted by molar-refractivity contribution is 7.98. The van der Waals surface area contributed by atoms with E-state index < -0.39 is 48.2 Å². The average Bonchev–Trinajstić information content (AvgIpc) is 2.55. The molecule has 0 rings (SSSR count). The molecule has 0 heterocycles. The zero-order valence-corrected chi connectivity index (χ0v) is 16.3. The summed E-state index contributed by atoms with van der Waals surface area (Å²) >= 11 is 1.51. The van der Waals surface area contributed by atoms with Crippen molar-refractivity contribution in [3.63, 3.8) is 0 Å². The lowest BCUT2D eigenvalue weighted by molar-refractivity contribution is -0.142. The molecule has 0 aliphatic carbocycles. The van der Waals surface area contributed by atoms with Gasteiger partial charge < -0.3 is 21.9 Å². The Hall–Kier alpha value is -1.65. The number of aliphatic carboxylic acids is 1. The number of carboxylic acids is 1. The molecule has 150 valence electrons. The van der Waals surface area contributed by atoms with Gasteiger partial charge in [-0.2, -0.15) is 11.8 Å². The lowest BCUT2D eigenvalue weighted by atomic mass is 10.0. The van der Waals surface area contributed by atoms with Gasteiger partial charge in [-0.1, -0.05) is 13.8 Å². The van der Waals surface area contributed by atoms with Crippen molar-refractivity contribution < 1.29 is 24.3 Å². The number of nitrogens with two attached hydrogens (primary N) is 2. The van der Waals surface area contributed by atoms with E-state index in [-0.39, 0.29) is 0 Å². The number of amides is 3. The Morgan fingerprint density at radius 3 is 2.04 bits per heavy atom. The van der Waals surface area contributed by atoms with E-state index in [0.717, 1.165) is 0 Å². The van der Waals surface area contributed by atoms with Crippen LogP contribution in [-0.4, -0.2) is 58.9 Å². The molecule has 0 aliphatic rings. The van der Waals surface area contributed by atoms with Gasteiger partial charge in [0.1, 0.15) is 6.04 Å². The van der Waals surface area contributed by atoms with E-state index in [9.17, 15) is 19.2 Å². The second kappa shape index (κ2) is 12.7. The second-order valence-electron chi connectivity index (χ2n) is 6.48. The topological polar surface area (TPSA) is 165 Å². The summed E-state index contributed by atoms with van der Waals surface area (Å²) in [5, 5.41) is 13.3. The van der Waals surface area contributed by atoms with Crippen LogP contribution in [0.2, 0.25) is 0 Å². The van der Waals surface area contributed by atoms with Crippen LogP contribution in [0.5, 0.6) is 0 Å². The Balaban J connectivity index is 4.80. The lowest BCUT2D eigenvalue weighted by Gasteiger charge is -2.20. The van der Waals surface area contributed by atoms with Gasteiger partial charge in [-0.15, -0.1) is 0 Å². The first-order chi connectivity index (χ1) is 12.1. The van der Waals surface area contributed by atoms with Gasteiger partial charge in [0, 0.05) is 0 Å². The van der Waals surface area contributed by atoms with Gasteiger partial charge in [0.05, 0.1) is 18.5 Å². The number of imide groups is 1. The van der Waals surface area contributed by atoms with Crippen molar-refractivity contribution in [2.24, 2.45) is 17.4 Å². The number of thioether (sulfide) groups is 1. The van der Waals surface area contributed by atoms with Gasteiger partial charge in [0.15, 0.2) is 0 Å². The lowest BCUT2D eigenvalue weighted by Crippen LogP contribution is -2.55. The molecule has 3 atom stereocenters. The minimum Gasteiger partial charge on any atom is -0.481 e. The number of hydrogen-bond acceptors (Lipinski definition) is 7. The van der Waals surface area contributed by atoms with Gasteiger partial charge in [-0.05, 0) is 37.2 Å². The first-order valence-corrected chi connectivity index (χ1v) is 9.84. The van der Waals surface area contributed by atoms with Crippen LogP contribution in [0.3, 0.4) is 0 Å². The monoisotopic (exact) mass is 390 g/mol.